The summed E-state index contributed by atoms with van der Waals surface area (Å²) in [6.45, 7) is 3.44. The lowest BCUT2D eigenvalue weighted by Crippen LogP contribution is -2.31. The Morgan fingerprint density at radius 3 is 2.15 bits per heavy atom. The third-order valence-corrected chi connectivity index (χ3v) is 9.86. The number of hydrogen-bond donors (Lipinski definition) is 6. The minimum atomic E-state index is -1.11. The van der Waals surface area contributed by atoms with Gasteiger partial charge in [-0.05, 0) is 53.4 Å². The molecule has 0 aliphatic carbocycles. The second-order valence-electron chi connectivity index (χ2n) is 13.6. The van der Waals surface area contributed by atoms with E-state index in [4.69, 9.17) is 47.6 Å². The molecule has 59 heavy (non-hydrogen) atoms. The molecule has 0 bridgehead atoms. The van der Waals surface area contributed by atoms with Gasteiger partial charge in [0.25, 0.3) is 0 Å². The Morgan fingerprint density at radius 2 is 1.44 bits per heavy atom. The molecule has 0 saturated carbocycles. The van der Waals surface area contributed by atoms with Crippen LogP contribution in [0.2, 0.25) is 10.0 Å². The van der Waals surface area contributed by atoms with Gasteiger partial charge in [0.1, 0.15) is 43.1 Å². The van der Waals surface area contributed by atoms with Crippen LogP contribution in [-0.2, 0) is 29.3 Å². The Morgan fingerprint density at radius 1 is 0.780 bits per heavy atom. The first-order valence-electron chi connectivity index (χ1n) is 18.7. The predicted octanol–water partition coefficient (Wildman–Crippen LogP) is 6.79. The zero-order valence-electron chi connectivity index (χ0n) is 32.2. The summed E-state index contributed by atoms with van der Waals surface area (Å²) in [5.74, 6) is -0.711. The third-order valence-electron chi connectivity index (χ3n) is 9.16. The molecule has 0 radical (unpaired) electrons. The number of nitrogens with zero attached hydrogens (tertiary/aromatic N) is 2. The molecule has 5 aromatic rings. The molecule has 5 rings (SSSR count). The number of nitrogens with one attached hydrogen (secondary N) is 2. The van der Waals surface area contributed by atoms with Gasteiger partial charge in [0.15, 0.2) is 0 Å². The van der Waals surface area contributed by atoms with Gasteiger partial charge < -0.3 is 45.3 Å². The van der Waals surface area contributed by atoms with Crippen molar-refractivity contribution in [2.24, 2.45) is 0 Å². The monoisotopic (exact) mass is 842 g/mol. The first-order valence-corrected chi connectivity index (χ1v) is 19.4. The predicted molar refractivity (Wildman–Crippen MR) is 223 cm³/mol. The van der Waals surface area contributed by atoms with Crippen LogP contribution < -0.4 is 24.8 Å². The fraction of sp³-hybridized carbons (Fsp3) is 0.273. The SMILES string of the molecule is Cc1c(COc2cc(OCc3cncc(C#N)c3)c(CNC[C@@H](O)CC(=O)O)cc2Cl)cccc1-c1cccc(-c2ccc(OCCNC[C@@H](O)CC(=O)O)cc2)c1Cl. The first-order chi connectivity index (χ1) is 28.4. The van der Waals surface area contributed by atoms with E-state index < -0.39 is 30.6 Å². The molecule has 308 valence electrons. The van der Waals surface area contributed by atoms with Crippen LogP contribution in [0, 0.1) is 18.3 Å². The van der Waals surface area contributed by atoms with Gasteiger partial charge in [-0.25, -0.2) is 0 Å². The first kappa shape index (κ1) is 44.4. The Bertz CT molecular complexity index is 2270. The topological polar surface area (TPSA) is 203 Å². The van der Waals surface area contributed by atoms with E-state index in [1.54, 1.807) is 24.4 Å². The lowest BCUT2D eigenvalue weighted by molar-refractivity contribution is -0.140. The number of halogens is 2. The van der Waals surface area contributed by atoms with Crippen LogP contribution in [0.3, 0.4) is 0 Å². The summed E-state index contributed by atoms with van der Waals surface area (Å²) in [5.41, 5.74) is 7.06. The van der Waals surface area contributed by atoms with Crippen molar-refractivity contribution in [1.82, 2.24) is 15.6 Å². The highest BCUT2D eigenvalue weighted by molar-refractivity contribution is 6.36. The number of aliphatic hydroxyl groups excluding tert-OH is 2. The van der Waals surface area contributed by atoms with Gasteiger partial charge in [-0.1, -0.05) is 71.7 Å². The van der Waals surface area contributed by atoms with Crippen molar-refractivity contribution >= 4 is 35.1 Å². The molecule has 0 spiro atoms. The summed E-state index contributed by atoms with van der Waals surface area (Å²) in [6, 6.07) is 26.4. The van der Waals surface area contributed by atoms with Gasteiger partial charge in [0.05, 0.1) is 40.7 Å². The number of carboxylic acids is 2. The molecular formula is C44H44Cl2N4O9. The van der Waals surface area contributed by atoms with Crippen LogP contribution >= 0.6 is 23.2 Å². The molecule has 4 aromatic carbocycles. The number of nitriles is 1. The fourth-order valence-corrected chi connectivity index (χ4v) is 6.74. The molecule has 0 fully saturated rings. The molecule has 0 saturated heterocycles. The van der Waals surface area contributed by atoms with Gasteiger partial charge in [-0.15, -0.1) is 0 Å². The smallest absolute Gasteiger partial charge is 0.306 e. The van der Waals surface area contributed by atoms with Crippen molar-refractivity contribution in [3.8, 4) is 45.6 Å². The van der Waals surface area contributed by atoms with Crippen molar-refractivity contribution in [3.05, 3.63) is 129 Å². The van der Waals surface area contributed by atoms with Gasteiger partial charge >= 0.3 is 11.9 Å². The Hall–Kier alpha value is -5.72. The Labute approximate surface area is 351 Å². The number of carboxylic acid groups (broad SMARTS) is 2. The molecule has 1 heterocycles. The number of carbonyl (C=O) groups is 2. The van der Waals surface area contributed by atoms with E-state index in [1.165, 1.54) is 6.20 Å². The highest BCUT2D eigenvalue weighted by Gasteiger charge is 2.17. The Balaban J connectivity index is 1.28. The van der Waals surface area contributed by atoms with Gasteiger partial charge in [0.2, 0.25) is 0 Å². The van der Waals surface area contributed by atoms with Crippen molar-refractivity contribution < 1.29 is 44.2 Å². The molecule has 13 nitrogen and oxygen atoms in total. The van der Waals surface area contributed by atoms with Crippen molar-refractivity contribution in [1.29, 1.82) is 5.26 Å². The Kier molecular flexibility index (Phi) is 16.5. The average molecular weight is 844 g/mol. The number of ether oxygens (including phenoxy) is 3. The maximum absolute atomic E-state index is 11.0. The number of benzene rings is 4. The standard InChI is InChI=1S/C44H44Cl2N4O9/c1-27-31(26-59-41-18-40(58-25-29-14-28(19-47)20-49-21-29)32(15-39(41)45)22-50-24-34(52)17-43(55)56)4-2-5-36(27)38-7-3-6-37(44(38)46)30-8-10-35(11-9-30)57-13-12-48-23-33(51)16-42(53)54/h2-11,14-15,18,20-21,33-34,48,50-52H,12-13,16-17,22-26H2,1H3,(H,53,54)(H,55,56)/t33-,34-/m0/s1. The summed E-state index contributed by atoms with van der Waals surface area (Å²) in [6.07, 6.45) is 0.291. The van der Waals surface area contributed by atoms with E-state index >= 15 is 0 Å². The number of aromatic nitrogens is 1. The van der Waals surface area contributed by atoms with Crippen LogP contribution in [0.4, 0.5) is 0 Å². The number of aliphatic hydroxyl groups is 2. The van der Waals surface area contributed by atoms with Gasteiger partial charge in [0, 0.05) is 66.9 Å². The summed E-state index contributed by atoms with van der Waals surface area (Å²) < 4.78 is 18.3. The maximum atomic E-state index is 11.0. The van der Waals surface area contributed by atoms with Crippen LogP contribution in [0.15, 0.2) is 91.3 Å². The number of aliphatic carboxylic acids is 2. The van der Waals surface area contributed by atoms with Crippen molar-refractivity contribution in [3.63, 3.8) is 0 Å². The summed E-state index contributed by atoms with van der Waals surface area (Å²) in [7, 11) is 0. The molecule has 0 aliphatic rings. The summed E-state index contributed by atoms with van der Waals surface area (Å²) >= 11 is 13.8. The lowest BCUT2D eigenvalue weighted by Gasteiger charge is -2.18. The summed E-state index contributed by atoms with van der Waals surface area (Å²) in [4.78, 5) is 25.8. The maximum Gasteiger partial charge on any atom is 0.306 e. The van der Waals surface area contributed by atoms with Crippen LogP contribution in [0.5, 0.6) is 17.2 Å². The molecule has 1 aromatic heterocycles. The lowest BCUT2D eigenvalue weighted by atomic mass is 9.94. The van der Waals surface area contributed by atoms with Crippen LogP contribution in [-0.4, -0.2) is 75.8 Å². The zero-order chi connectivity index (χ0) is 42.3. The minimum Gasteiger partial charge on any atom is -0.492 e. The molecule has 2 atom stereocenters. The highest BCUT2D eigenvalue weighted by atomic mass is 35.5. The summed E-state index contributed by atoms with van der Waals surface area (Å²) in [5, 5.41) is 53.7. The number of hydrogen-bond acceptors (Lipinski definition) is 11. The number of pyridine rings is 1. The second-order valence-corrected chi connectivity index (χ2v) is 14.4. The third kappa shape index (κ3) is 13.1. The van der Waals surface area contributed by atoms with E-state index in [1.807, 2.05) is 67.6 Å². The molecular weight excluding hydrogens is 799 g/mol. The van der Waals surface area contributed by atoms with E-state index in [9.17, 15) is 25.1 Å². The van der Waals surface area contributed by atoms with Crippen molar-refractivity contribution in [2.75, 3.05) is 26.2 Å². The largest absolute Gasteiger partial charge is 0.492 e. The van der Waals surface area contributed by atoms with E-state index in [2.05, 4.69) is 21.7 Å². The molecule has 15 heteroatoms. The zero-order valence-corrected chi connectivity index (χ0v) is 33.7. The van der Waals surface area contributed by atoms with E-state index in [0.717, 1.165) is 33.4 Å². The fourth-order valence-electron chi connectivity index (χ4n) is 6.16. The average Bonchev–Trinajstić information content (AvgIpc) is 3.20. The minimum absolute atomic E-state index is 0.0338. The van der Waals surface area contributed by atoms with Crippen LogP contribution in [0.25, 0.3) is 22.3 Å². The molecule has 6 N–H and O–H groups in total. The molecule has 0 unspecified atom stereocenters. The van der Waals surface area contributed by atoms with Gasteiger partial charge in [-0.3, -0.25) is 14.6 Å². The second kappa shape index (κ2) is 21.9. The molecule has 0 amide bonds. The van der Waals surface area contributed by atoms with Crippen LogP contribution in [0.1, 0.15) is 40.7 Å². The highest BCUT2D eigenvalue weighted by Crippen LogP contribution is 2.39. The quantitative estimate of drug-likeness (QED) is 0.0398. The molecule has 0 aliphatic heterocycles. The van der Waals surface area contributed by atoms with E-state index in [-0.39, 0.29) is 39.3 Å². The van der Waals surface area contributed by atoms with Crippen molar-refractivity contribution in [2.45, 2.75) is 51.7 Å². The van der Waals surface area contributed by atoms with Gasteiger partial charge in [-0.2, -0.15) is 5.26 Å². The normalized spacial score (nSPS) is 12.0. The van der Waals surface area contributed by atoms with E-state index in [0.29, 0.717) is 57.1 Å². The number of rotatable bonds is 22.